The van der Waals surface area contributed by atoms with Gasteiger partial charge in [-0.15, -0.1) is 11.3 Å². The van der Waals surface area contributed by atoms with E-state index >= 15 is 0 Å². The van der Waals surface area contributed by atoms with Crippen molar-refractivity contribution in [1.29, 1.82) is 0 Å². The third kappa shape index (κ3) is 3.34. The number of carbonyl (C=O) groups is 1. The number of aromatic nitrogens is 2. The summed E-state index contributed by atoms with van der Waals surface area (Å²) < 4.78 is 6.27. The molecule has 1 saturated heterocycles. The Morgan fingerprint density at radius 2 is 2.19 bits per heavy atom. The van der Waals surface area contributed by atoms with Gasteiger partial charge in [0.2, 0.25) is 0 Å². The fraction of sp³-hybridized carbons (Fsp3) is 0.550. The molecule has 0 atom stereocenters. The zero-order valence-electron chi connectivity index (χ0n) is 15.8. The van der Waals surface area contributed by atoms with Crippen LogP contribution in [0.1, 0.15) is 57.7 Å². The topological polar surface area (TPSA) is 75.5 Å². The van der Waals surface area contributed by atoms with E-state index in [4.69, 9.17) is 9.72 Å². The monoisotopic (exact) mass is 387 g/mol. The number of carboxylic acids is 1. The molecular formula is C20H25N3O3S. The molecule has 0 amide bonds. The van der Waals surface area contributed by atoms with E-state index in [1.807, 2.05) is 19.2 Å². The third-order valence-electron chi connectivity index (χ3n) is 5.54. The summed E-state index contributed by atoms with van der Waals surface area (Å²) in [7, 11) is 0. The summed E-state index contributed by atoms with van der Waals surface area (Å²) in [5.41, 5.74) is 2.02. The van der Waals surface area contributed by atoms with Gasteiger partial charge < -0.3 is 14.7 Å². The summed E-state index contributed by atoms with van der Waals surface area (Å²) in [5.74, 6) is 1.00. The number of hydrogen-bond donors (Lipinski definition) is 1. The molecule has 0 saturated carbocycles. The van der Waals surface area contributed by atoms with Crippen LogP contribution in [-0.4, -0.2) is 40.7 Å². The van der Waals surface area contributed by atoms with Gasteiger partial charge >= 0.3 is 5.97 Å². The average molecular weight is 388 g/mol. The van der Waals surface area contributed by atoms with Crippen molar-refractivity contribution in [2.75, 3.05) is 24.6 Å². The molecule has 1 spiro atoms. The summed E-state index contributed by atoms with van der Waals surface area (Å²) in [6.07, 6.45) is 6.51. The van der Waals surface area contributed by atoms with E-state index in [2.05, 4.69) is 16.8 Å². The van der Waals surface area contributed by atoms with Crippen LogP contribution in [0.2, 0.25) is 0 Å². The molecule has 7 heteroatoms. The molecule has 4 heterocycles. The van der Waals surface area contributed by atoms with E-state index in [1.165, 1.54) is 16.9 Å². The molecular weight excluding hydrogens is 362 g/mol. The second-order valence-corrected chi connectivity index (χ2v) is 8.42. The molecule has 2 aliphatic rings. The summed E-state index contributed by atoms with van der Waals surface area (Å²) >= 11 is 1.39. The first-order valence-corrected chi connectivity index (χ1v) is 10.4. The molecule has 0 aliphatic carbocycles. The molecule has 0 radical (unpaired) electrons. The average Bonchev–Trinajstić information content (AvgIpc) is 3.11. The van der Waals surface area contributed by atoms with Crippen molar-refractivity contribution >= 4 is 23.1 Å². The molecule has 0 bridgehead atoms. The summed E-state index contributed by atoms with van der Waals surface area (Å²) in [4.78, 5) is 24.4. The van der Waals surface area contributed by atoms with E-state index in [1.54, 1.807) is 0 Å². The normalized spacial score (nSPS) is 18.5. The first-order valence-electron chi connectivity index (χ1n) is 9.60. The molecule has 0 aromatic carbocycles. The maximum atomic E-state index is 11.4. The first-order chi connectivity index (χ1) is 13.0. The number of thiophene rings is 1. The largest absolute Gasteiger partial charge is 0.477 e. The van der Waals surface area contributed by atoms with Crippen molar-refractivity contribution in [3.8, 4) is 0 Å². The summed E-state index contributed by atoms with van der Waals surface area (Å²) in [6, 6.07) is 1.84. The minimum Gasteiger partial charge on any atom is -0.477 e. The highest BCUT2D eigenvalue weighted by molar-refractivity contribution is 7.14. The highest BCUT2D eigenvalue weighted by atomic mass is 32.1. The lowest BCUT2D eigenvalue weighted by atomic mass is 9.85. The van der Waals surface area contributed by atoms with Crippen molar-refractivity contribution in [2.24, 2.45) is 0 Å². The number of ether oxygens (including phenoxy) is 1. The van der Waals surface area contributed by atoms with Gasteiger partial charge in [-0.25, -0.2) is 14.8 Å². The molecule has 1 fully saturated rings. The van der Waals surface area contributed by atoms with Gasteiger partial charge in [0.1, 0.15) is 22.1 Å². The van der Waals surface area contributed by atoms with Crippen molar-refractivity contribution in [3.05, 3.63) is 39.0 Å². The second kappa shape index (κ2) is 7.20. The fourth-order valence-corrected chi connectivity index (χ4v) is 5.43. The Balaban J connectivity index is 1.58. The molecule has 2 aromatic rings. The minimum atomic E-state index is -0.845. The lowest BCUT2D eigenvalue weighted by Gasteiger charge is -2.44. The fourth-order valence-electron chi connectivity index (χ4n) is 4.18. The van der Waals surface area contributed by atoms with Crippen molar-refractivity contribution in [2.45, 2.75) is 51.6 Å². The lowest BCUT2D eigenvalue weighted by Crippen LogP contribution is -2.46. The van der Waals surface area contributed by atoms with Crippen LogP contribution in [0.4, 0.5) is 5.82 Å². The van der Waals surface area contributed by atoms with E-state index < -0.39 is 5.97 Å². The number of piperidine rings is 1. The predicted molar refractivity (Wildman–Crippen MR) is 105 cm³/mol. The first kappa shape index (κ1) is 18.4. The minimum absolute atomic E-state index is 0.338. The number of fused-ring (bicyclic) bond motifs is 2. The Bertz CT molecular complexity index is 856. The molecule has 0 unspecified atom stereocenters. The van der Waals surface area contributed by atoms with Crippen LogP contribution in [0.5, 0.6) is 0 Å². The van der Waals surface area contributed by atoms with Crippen LogP contribution < -0.4 is 4.90 Å². The molecule has 144 valence electrons. The number of rotatable bonds is 4. The predicted octanol–water partition coefficient (Wildman–Crippen LogP) is 3.57. The number of aromatic carboxylic acids is 1. The molecule has 6 nitrogen and oxygen atoms in total. The van der Waals surface area contributed by atoms with Gasteiger partial charge in [-0.1, -0.05) is 13.3 Å². The van der Waals surface area contributed by atoms with Gasteiger partial charge in [-0.05, 0) is 44.2 Å². The SMILES string of the molecule is CCCc1cnc(C)nc1N1CCC2(CC1)OCCc1cc(C(=O)O)sc12. The van der Waals surface area contributed by atoms with Gasteiger partial charge in [0.15, 0.2) is 0 Å². The highest BCUT2D eigenvalue weighted by Crippen LogP contribution is 2.46. The van der Waals surface area contributed by atoms with Crippen LogP contribution >= 0.6 is 11.3 Å². The molecule has 1 N–H and O–H groups in total. The molecule has 27 heavy (non-hydrogen) atoms. The summed E-state index contributed by atoms with van der Waals surface area (Å²) in [5, 5.41) is 9.37. The van der Waals surface area contributed by atoms with Gasteiger partial charge in [0.25, 0.3) is 0 Å². The highest BCUT2D eigenvalue weighted by Gasteiger charge is 2.43. The van der Waals surface area contributed by atoms with Crippen LogP contribution in [0.25, 0.3) is 0 Å². The maximum absolute atomic E-state index is 11.4. The van der Waals surface area contributed by atoms with Gasteiger partial charge in [-0.2, -0.15) is 0 Å². The smallest absolute Gasteiger partial charge is 0.345 e. The van der Waals surface area contributed by atoms with Crippen LogP contribution in [0.15, 0.2) is 12.3 Å². The van der Waals surface area contributed by atoms with E-state index in [-0.39, 0.29) is 5.60 Å². The summed E-state index contributed by atoms with van der Waals surface area (Å²) in [6.45, 7) is 6.47. The Morgan fingerprint density at radius 1 is 1.41 bits per heavy atom. The second-order valence-electron chi connectivity index (χ2n) is 7.37. The van der Waals surface area contributed by atoms with E-state index in [0.29, 0.717) is 11.5 Å². The Kier molecular flexibility index (Phi) is 4.90. The molecule has 2 aromatic heterocycles. The number of nitrogens with zero attached hydrogens (tertiary/aromatic N) is 3. The van der Waals surface area contributed by atoms with Crippen LogP contribution in [0.3, 0.4) is 0 Å². The third-order valence-corrected chi connectivity index (χ3v) is 6.89. The zero-order valence-corrected chi connectivity index (χ0v) is 16.6. The molecule has 4 rings (SSSR count). The standard InChI is InChI=1S/C20H25N3O3S/c1-3-4-15-12-21-13(2)22-18(15)23-8-6-20(7-9-23)17-14(5-10-26-20)11-16(27-17)19(24)25/h11-12H,3-10H2,1-2H3,(H,24,25). The Hall–Kier alpha value is -1.99. The maximum Gasteiger partial charge on any atom is 0.345 e. The number of anilines is 1. The van der Waals surface area contributed by atoms with Gasteiger partial charge in [0, 0.05) is 29.7 Å². The number of aryl methyl sites for hydroxylation is 2. The van der Waals surface area contributed by atoms with Crippen molar-refractivity contribution in [3.63, 3.8) is 0 Å². The van der Waals surface area contributed by atoms with Gasteiger partial charge in [0.05, 0.1) is 6.61 Å². The Labute approximate surface area is 163 Å². The zero-order chi connectivity index (χ0) is 19.0. The number of hydrogen-bond acceptors (Lipinski definition) is 6. The van der Waals surface area contributed by atoms with Crippen molar-refractivity contribution in [1.82, 2.24) is 9.97 Å². The van der Waals surface area contributed by atoms with Crippen LogP contribution in [-0.2, 0) is 23.2 Å². The van der Waals surface area contributed by atoms with Gasteiger partial charge in [-0.3, -0.25) is 0 Å². The van der Waals surface area contributed by atoms with Crippen molar-refractivity contribution < 1.29 is 14.6 Å². The lowest BCUT2D eigenvalue weighted by molar-refractivity contribution is -0.0735. The van der Waals surface area contributed by atoms with E-state index in [0.717, 1.165) is 67.3 Å². The molecule has 2 aliphatic heterocycles. The quantitative estimate of drug-likeness (QED) is 0.864. The Morgan fingerprint density at radius 3 is 2.89 bits per heavy atom. The number of carboxylic acid groups (broad SMARTS) is 1. The van der Waals surface area contributed by atoms with E-state index in [9.17, 15) is 9.90 Å². The van der Waals surface area contributed by atoms with Crippen LogP contribution in [0, 0.1) is 6.92 Å².